The third kappa shape index (κ3) is 3.46. The Morgan fingerprint density at radius 1 is 1.45 bits per heavy atom. The zero-order valence-corrected chi connectivity index (χ0v) is 12.8. The Morgan fingerprint density at radius 3 is 2.85 bits per heavy atom. The summed E-state index contributed by atoms with van der Waals surface area (Å²) < 4.78 is 7.45. The standard InChI is InChI=1S/C14H16N2O2S2/c1-10-9-20-14(17)16(10)7-4-8-18-12-6-3-2-5-11(12)13(15)19/h2-3,5-6,9H,4,7-8H2,1H3,(H2,15,19). The smallest absolute Gasteiger partial charge is 0.307 e. The SMILES string of the molecule is Cc1csc(=O)n1CCCOc1ccccc1C(N)=S. The van der Waals surface area contributed by atoms with Gasteiger partial charge in [0.25, 0.3) is 0 Å². The van der Waals surface area contributed by atoms with Crippen molar-refractivity contribution in [1.29, 1.82) is 0 Å². The van der Waals surface area contributed by atoms with E-state index in [1.165, 1.54) is 11.3 Å². The van der Waals surface area contributed by atoms with E-state index in [0.29, 0.717) is 23.9 Å². The van der Waals surface area contributed by atoms with Gasteiger partial charge in [0.15, 0.2) is 0 Å². The summed E-state index contributed by atoms with van der Waals surface area (Å²) in [7, 11) is 0. The molecule has 1 aromatic carbocycles. The predicted molar refractivity (Wildman–Crippen MR) is 85.8 cm³/mol. The first-order valence-corrected chi connectivity index (χ1v) is 7.55. The Labute approximate surface area is 126 Å². The highest BCUT2D eigenvalue weighted by molar-refractivity contribution is 7.80. The van der Waals surface area contributed by atoms with Crippen LogP contribution < -0.4 is 15.3 Å². The quantitative estimate of drug-likeness (QED) is 0.657. The van der Waals surface area contributed by atoms with E-state index in [-0.39, 0.29) is 4.87 Å². The molecule has 0 aliphatic rings. The Bertz CT molecular complexity index is 661. The first-order chi connectivity index (χ1) is 9.59. The molecule has 2 rings (SSSR count). The average molecular weight is 308 g/mol. The monoisotopic (exact) mass is 308 g/mol. The Morgan fingerprint density at radius 2 is 2.20 bits per heavy atom. The molecule has 2 N–H and O–H groups in total. The number of hydrogen-bond acceptors (Lipinski definition) is 4. The van der Waals surface area contributed by atoms with Crippen molar-refractivity contribution in [2.45, 2.75) is 19.9 Å². The number of aryl methyl sites for hydroxylation is 1. The molecule has 0 amide bonds. The van der Waals surface area contributed by atoms with Gasteiger partial charge in [0.2, 0.25) is 0 Å². The van der Waals surface area contributed by atoms with Crippen molar-refractivity contribution in [3.8, 4) is 5.75 Å². The molecule has 1 heterocycles. The highest BCUT2D eigenvalue weighted by Crippen LogP contribution is 2.17. The fourth-order valence-corrected chi connectivity index (χ4v) is 2.81. The van der Waals surface area contributed by atoms with Crippen LogP contribution in [0.5, 0.6) is 5.75 Å². The lowest BCUT2D eigenvalue weighted by Crippen LogP contribution is -2.17. The van der Waals surface area contributed by atoms with Gasteiger partial charge in [-0.2, -0.15) is 0 Å². The molecule has 0 fully saturated rings. The molecule has 0 saturated carbocycles. The van der Waals surface area contributed by atoms with E-state index in [4.69, 9.17) is 22.7 Å². The lowest BCUT2D eigenvalue weighted by Gasteiger charge is -2.10. The number of para-hydroxylation sites is 1. The number of thiazole rings is 1. The second kappa shape index (κ2) is 6.67. The van der Waals surface area contributed by atoms with Crippen LogP contribution in [0.4, 0.5) is 0 Å². The minimum Gasteiger partial charge on any atom is -0.493 e. The molecule has 6 heteroatoms. The molecule has 0 spiro atoms. The van der Waals surface area contributed by atoms with Crippen LogP contribution in [0.1, 0.15) is 17.7 Å². The summed E-state index contributed by atoms with van der Waals surface area (Å²) in [5.41, 5.74) is 7.37. The van der Waals surface area contributed by atoms with E-state index >= 15 is 0 Å². The molecule has 4 nitrogen and oxygen atoms in total. The third-order valence-corrected chi connectivity index (χ3v) is 4.01. The van der Waals surface area contributed by atoms with E-state index in [9.17, 15) is 4.79 Å². The number of nitrogens with two attached hydrogens (primary N) is 1. The molecule has 0 aliphatic heterocycles. The fourth-order valence-electron chi connectivity index (χ4n) is 1.88. The van der Waals surface area contributed by atoms with Crippen molar-refractivity contribution in [3.63, 3.8) is 0 Å². The zero-order chi connectivity index (χ0) is 14.5. The fraction of sp³-hybridized carbons (Fsp3) is 0.286. The average Bonchev–Trinajstić information content (AvgIpc) is 2.75. The largest absolute Gasteiger partial charge is 0.493 e. The molecule has 0 saturated heterocycles. The van der Waals surface area contributed by atoms with Crippen molar-refractivity contribution in [2.75, 3.05) is 6.61 Å². The Balaban J connectivity index is 1.91. The first kappa shape index (κ1) is 14.7. The van der Waals surface area contributed by atoms with Gasteiger partial charge in [-0.1, -0.05) is 35.7 Å². The summed E-state index contributed by atoms with van der Waals surface area (Å²) in [5, 5.41) is 1.87. The van der Waals surface area contributed by atoms with Crippen molar-refractivity contribution >= 4 is 28.5 Å². The van der Waals surface area contributed by atoms with Crippen molar-refractivity contribution in [2.24, 2.45) is 5.73 Å². The van der Waals surface area contributed by atoms with Crippen LogP contribution >= 0.6 is 23.6 Å². The predicted octanol–water partition coefficient (Wildman–Crippen LogP) is 2.32. The Hall–Kier alpha value is -1.66. The maximum atomic E-state index is 11.6. The van der Waals surface area contributed by atoms with Gasteiger partial charge in [0.1, 0.15) is 10.7 Å². The summed E-state index contributed by atoms with van der Waals surface area (Å²) in [6.45, 7) is 3.10. The van der Waals surface area contributed by atoms with Crippen LogP contribution in [-0.2, 0) is 6.54 Å². The second-order valence-electron chi connectivity index (χ2n) is 4.36. The maximum absolute atomic E-state index is 11.6. The molecule has 0 atom stereocenters. The van der Waals surface area contributed by atoms with Gasteiger partial charge in [-0.25, -0.2) is 0 Å². The molecular formula is C14H16N2O2S2. The molecule has 2 aromatic rings. The zero-order valence-electron chi connectivity index (χ0n) is 11.2. The second-order valence-corrected chi connectivity index (χ2v) is 5.62. The number of nitrogens with zero attached hydrogens (tertiary/aromatic N) is 1. The highest BCUT2D eigenvalue weighted by Gasteiger charge is 2.06. The molecule has 0 radical (unpaired) electrons. The topological polar surface area (TPSA) is 57.2 Å². The number of thiocarbonyl (C=S) groups is 1. The lowest BCUT2D eigenvalue weighted by molar-refractivity contribution is 0.300. The van der Waals surface area contributed by atoms with Gasteiger partial charge in [-0.05, 0) is 25.5 Å². The van der Waals surface area contributed by atoms with Crippen molar-refractivity contribution in [1.82, 2.24) is 4.57 Å². The summed E-state index contributed by atoms with van der Waals surface area (Å²) in [4.78, 5) is 12.0. The Kier molecular flexibility index (Phi) is 4.92. The van der Waals surface area contributed by atoms with Gasteiger partial charge in [0.05, 0.1) is 12.2 Å². The van der Waals surface area contributed by atoms with Gasteiger partial charge in [-0.3, -0.25) is 4.79 Å². The third-order valence-electron chi connectivity index (χ3n) is 2.91. The van der Waals surface area contributed by atoms with Crippen LogP contribution in [0.3, 0.4) is 0 Å². The summed E-state index contributed by atoms with van der Waals surface area (Å²) in [6.07, 6.45) is 0.753. The minimum absolute atomic E-state index is 0.0750. The number of aromatic nitrogens is 1. The van der Waals surface area contributed by atoms with Crippen LogP contribution in [0, 0.1) is 6.92 Å². The van der Waals surface area contributed by atoms with Crippen molar-refractivity contribution < 1.29 is 4.74 Å². The van der Waals surface area contributed by atoms with E-state index in [0.717, 1.165) is 17.7 Å². The summed E-state index contributed by atoms with van der Waals surface area (Å²) in [5.74, 6) is 0.689. The number of rotatable bonds is 6. The van der Waals surface area contributed by atoms with E-state index in [1.807, 2.05) is 36.6 Å². The molecular weight excluding hydrogens is 292 g/mol. The molecule has 0 bridgehead atoms. The van der Waals surface area contributed by atoms with Crippen molar-refractivity contribution in [3.05, 3.63) is 50.6 Å². The molecule has 106 valence electrons. The van der Waals surface area contributed by atoms with Crippen LogP contribution in [-0.4, -0.2) is 16.2 Å². The first-order valence-electron chi connectivity index (χ1n) is 6.26. The lowest BCUT2D eigenvalue weighted by atomic mass is 10.2. The van der Waals surface area contributed by atoms with E-state index in [1.54, 1.807) is 4.57 Å². The van der Waals surface area contributed by atoms with Gasteiger partial charge in [-0.15, -0.1) is 0 Å². The number of benzene rings is 1. The summed E-state index contributed by atoms with van der Waals surface area (Å²) >= 11 is 6.21. The van der Waals surface area contributed by atoms with Gasteiger partial charge in [0, 0.05) is 17.6 Å². The number of hydrogen-bond donors (Lipinski definition) is 1. The number of ether oxygens (including phenoxy) is 1. The van der Waals surface area contributed by atoms with Crippen LogP contribution in [0.25, 0.3) is 0 Å². The van der Waals surface area contributed by atoms with Crippen LogP contribution in [0.15, 0.2) is 34.4 Å². The molecule has 20 heavy (non-hydrogen) atoms. The summed E-state index contributed by atoms with van der Waals surface area (Å²) in [6, 6.07) is 7.43. The minimum atomic E-state index is 0.0750. The van der Waals surface area contributed by atoms with E-state index < -0.39 is 0 Å². The van der Waals surface area contributed by atoms with E-state index in [2.05, 4.69) is 0 Å². The molecule has 0 unspecified atom stereocenters. The van der Waals surface area contributed by atoms with Crippen LogP contribution in [0.2, 0.25) is 0 Å². The van der Waals surface area contributed by atoms with Gasteiger partial charge >= 0.3 is 4.87 Å². The molecule has 0 aliphatic carbocycles. The molecule has 1 aromatic heterocycles. The highest BCUT2D eigenvalue weighted by atomic mass is 32.1. The normalized spacial score (nSPS) is 10.4. The van der Waals surface area contributed by atoms with Gasteiger partial charge < -0.3 is 15.0 Å². The maximum Gasteiger partial charge on any atom is 0.307 e.